The molecule has 0 spiro atoms. The SMILES string of the molecule is COCCN(CCNCCC(C)(C)C)CCOC. The molecule has 4 heteroatoms. The summed E-state index contributed by atoms with van der Waals surface area (Å²) in [6.07, 6.45) is 1.21. The Labute approximate surface area is 113 Å². The maximum absolute atomic E-state index is 5.12. The molecule has 0 aliphatic carbocycles. The van der Waals surface area contributed by atoms with E-state index in [-0.39, 0.29) is 0 Å². The van der Waals surface area contributed by atoms with Gasteiger partial charge < -0.3 is 14.8 Å². The summed E-state index contributed by atoms with van der Waals surface area (Å²) in [4.78, 5) is 2.37. The van der Waals surface area contributed by atoms with Crippen molar-refractivity contribution in [3.8, 4) is 0 Å². The quantitative estimate of drug-likeness (QED) is 0.572. The largest absolute Gasteiger partial charge is 0.383 e. The molecule has 0 unspecified atom stereocenters. The average molecular weight is 260 g/mol. The van der Waals surface area contributed by atoms with Crippen molar-refractivity contribution in [1.29, 1.82) is 0 Å². The van der Waals surface area contributed by atoms with Crippen molar-refractivity contribution in [2.45, 2.75) is 27.2 Å². The van der Waals surface area contributed by atoms with Crippen LogP contribution in [-0.4, -0.2) is 65.1 Å². The van der Waals surface area contributed by atoms with Crippen molar-refractivity contribution in [3.63, 3.8) is 0 Å². The summed E-state index contributed by atoms with van der Waals surface area (Å²) >= 11 is 0. The third-order valence-corrected chi connectivity index (χ3v) is 2.88. The summed E-state index contributed by atoms with van der Waals surface area (Å²) in [6, 6.07) is 0. The van der Waals surface area contributed by atoms with E-state index >= 15 is 0 Å². The average Bonchev–Trinajstić information content (AvgIpc) is 2.29. The minimum atomic E-state index is 0.415. The lowest BCUT2D eigenvalue weighted by Crippen LogP contribution is -2.37. The Morgan fingerprint density at radius 2 is 1.44 bits per heavy atom. The summed E-state index contributed by atoms with van der Waals surface area (Å²) in [5, 5.41) is 3.50. The molecule has 0 aliphatic heterocycles. The molecule has 0 saturated heterocycles. The molecule has 0 aromatic carbocycles. The molecule has 0 rings (SSSR count). The van der Waals surface area contributed by atoms with Crippen molar-refractivity contribution in [2.75, 3.05) is 60.2 Å². The van der Waals surface area contributed by atoms with E-state index in [1.54, 1.807) is 14.2 Å². The van der Waals surface area contributed by atoms with Crippen molar-refractivity contribution in [1.82, 2.24) is 10.2 Å². The highest BCUT2D eigenvalue weighted by molar-refractivity contribution is 4.64. The predicted octanol–water partition coefficient (Wildman–Crippen LogP) is 1.61. The standard InChI is InChI=1S/C14H32N2O2/c1-14(2,3)6-7-15-8-9-16(10-12-17-4)11-13-18-5/h15H,6-13H2,1-5H3. The highest BCUT2D eigenvalue weighted by Gasteiger charge is 2.09. The number of methoxy groups -OCH3 is 2. The highest BCUT2D eigenvalue weighted by atomic mass is 16.5. The van der Waals surface area contributed by atoms with Gasteiger partial charge in [-0.2, -0.15) is 0 Å². The first kappa shape index (κ1) is 17.8. The second kappa shape index (κ2) is 10.7. The lowest BCUT2D eigenvalue weighted by atomic mass is 9.92. The highest BCUT2D eigenvalue weighted by Crippen LogP contribution is 2.16. The van der Waals surface area contributed by atoms with Crippen LogP contribution in [0.15, 0.2) is 0 Å². The molecule has 0 radical (unpaired) electrons. The van der Waals surface area contributed by atoms with E-state index in [0.717, 1.165) is 45.9 Å². The van der Waals surface area contributed by atoms with Crippen LogP contribution in [-0.2, 0) is 9.47 Å². The number of ether oxygens (including phenoxy) is 2. The van der Waals surface area contributed by atoms with E-state index < -0.39 is 0 Å². The van der Waals surface area contributed by atoms with Gasteiger partial charge in [-0.05, 0) is 18.4 Å². The molecule has 0 aromatic rings. The van der Waals surface area contributed by atoms with Crippen molar-refractivity contribution in [3.05, 3.63) is 0 Å². The lowest BCUT2D eigenvalue weighted by Gasteiger charge is -2.22. The Hall–Kier alpha value is -0.160. The number of rotatable bonds is 11. The van der Waals surface area contributed by atoms with Gasteiger partial charge in [0.25, 0.3) is 0 Å². The minimum absolute atomic E-state index is 0.415. The monoisotopic (exact) mass is 260 g/mol. The summed E-state index contributed by atoms with van der Waals surface area (Å²) in [5.74, 6) is 0. The molecular weight excluding hydrogens is 228 g/mol. The zero-order valence-electron chi connectivity index (χ0n) is 12.9. The second-order valence-corrected chi connectivity index (χ2v) is 5.89. The van der Waals surface area contributed by atoms with Gasteiger partial charge in [-0.3, -0.25) is 4.90 Å². The normalized spacial score (nSPS) is 12.3. The maximum atomic E-state index is 5.12. The number of nitrogens with zero attached hydrogens (tertiary/aromatic N) is 1. The fourth-order valence-corrected chi connectivity index (χ4v) is 1.60. The van der Waals surface area contributed by atoms with E-state index in [1.165, 1.54) is 6.42 Å². The number of hydrogen-bond acceptors (Lipinski definition) is 4. The Morgan fingerprint density at radius 3 is 1.89 bits per heavy atom. The van der Waals surface area contributed by atoms with Crippen LogP contribution in [0.25, 0.3) is 0 Å². The summed E-state index contributed by atoms with van der Waals surface area (Å²) in [7, 11) is 3.49. The topological polar surface area (TPSA) is 33.7 Å². The molecular formula is C14H32N2O2. The van der Waals surface area contributed by atoms with Crippen LogP contribution in [0.2, 0.25) is 0 Å². The summed E-state index contributed by atoms with van der Waals surface area (Å²) < 4.78 is 10.2. The minimum Gasteiger partial charge on any atom is -0.383 e. The van der Waals surface area contributed by atoms with Gasteiger partial charge >= 0.3 is 0 Å². The molecule has 0 fully saturated rings. The molecule has 0 aromatic heterocycles. The van der Waals surface area contributed by atoms with Gasteiger partial charge in [0.15, 0.2) is 0 Å². The fraction of sp³-hybridized carbons (Fsp3) is 1.00. The Kier molecular flexibility index (Phi) is 10.6. The van der Waals surface area contributed by atoms with Crippen LogP contribution in [0.3, 0.4) is 0 Å². The molecule has 0 aliphatic rings. The van der Waals surface area contributed by atoms with Gasteiger partial charge in [-0.15, -0.1) is 0 Å². The van der Waals surface area contributed by atoms with E-state index in [1.807, 2.05) is 0 Å². The van der Waals surface area contributed by atoms with E-state index in [2.05, 4.69) is 31.0 Å². The zero-order valence-corrected chi connectivity index (χ0v) is 12.9. The zero-order chi connectivity index (χ0) is 13.9. The Morgan fingerprint density at radius 1 is 0.889 bits per heavy atom. The molecule has 0 atom stereocenters. The first-order valence-electron chi connectivity index (χ1n) is 6.90. The van der Waals surface area contributed by atoms with Crippen molar-refractivity contribution >= 4 is 0 Å². The summed E-state index contributed by atoms with van der Waals surface area (Å²) in [5.41, 5.74) is 0.415. The van der Waals surface area contributed by atoms with Crippen LogP contribution < -0.4 is 5.32 Å². The van der Waals surface area contributed by atoms with Gasteiger partial charge in [0, 0.05) is 40.4 Å². The molecule has 110 valence electrons. The summed E-state index contributed by atoms with van der Waals surface area (Å²) in [6.45, 7) is 13.5. The Balaban J connectivity index is 3.61. The molecule has 1 N–H and O–H groups in total. The third-order valence-electron chi connectivity index (χ3n) is 2.88. The lowest BCUT2D eigenvalue weighted by molar-refractivity contribution is 0.114. The van der Waals surface area contributed by atoms with E-state index in [4.69, 9.17) is 9.47 Å². The molecule has 0 saturated carbocycles. The number of hydrogen-bond donors (Lipinski definition) is 1. The fourth-order valence-electron chi connectivity index (χ4n) is 1.60. The Bertz CT molecular complexity index is 173. The van der Waals surface area contributed by atoms with Crippen LogP contribution in [0, 0.1) is 5.41 Å². The molecule has 0 bridgehead atoms. The number of nitrogens with one attached hydrogen (secondary N) is 1. The van der Waals surface area contributed by atoms with Crippen LogP contribution in [0.4, 0.5) is 0 Å². The molecule has 18 heavy (non-hydrogen) atoms. The molecule has 0 amide bonds. The van der Waals surface area contributed by atoms with E-state index in [9.17, 15) is 0 Å². The van der Waals surface area contributed by atoms with Gasteiger partial charge in [0.2, 0.25) is 0 Å². The first-order valence-corrected chi connectivity index (χ1v) is 6.90. The smallest absolute Gasteiger partial charge is 0.0589 e. The van der Waals surface area contributed by atoms with Gasteiger partial charge in [-0.25, -0.2) is 0 Å². The van der Waals surface area contributed by atoms with Crippen LogP contribution in [0.5, 0.6) is 0 Å². The van der Waals surface area contributed by atoms with Crippen LogP contribution >= 0.6 is 0 Å². The second-order valence-electron chi connectivity index (χ2n) is 5.89. The van der Waals surface area contributed by atoms with Gasteiger partial charge in [0.1, 0.15) is 0 Å². The molecule has 4 nitrogen and oxygen atoms in total. The van der Waals surface area contributed by atoms with Gasteiger partial charge in [-0.1, -0.05) is 20.8 Å². The van der Waals surface area contributed by atoms with Gasteiger partial charge in [0.05, 0.1) is 13.2 Å². The third kappa shape index (κ3) is 12.3. The maximum Gasteiger partial charge on any atom is 0.0589 e. The van der Waals surface area contributed by atoms with Crippen LogP contribution in [0.1, 0.15) is 27.2 Å². The first-order chi connectivity index (χ1) is 8.49. The van der Waals surface area contributed by atoms with E-state index in [0.29, 0.717) is 5.41 Å². The predicted molar refractivity (Wildman–Crippen MR) is 77.1 cm³/mol. The molecule has 0 heterocycles. The van der Waals surface area contributed by atoms with Crippen molar-refractivity contribution in [2.24, 2.45) is 5.41 Å². The van der Waals surface area contributed by atoms with Crippen molar-refractivity contribution < 1.29 is 9.47 Å².